The molecular weight excluding hydrogens is 232 g/mol. The number of para-hydroxylation sites is 1. The van der Waals surface area contributed by atoms with E-state index in [0.717, 1.165) is 19.0 Å². The Hall–Kier alpha value is -1.02. The fourth-order valence-corrected chi connectivity index (χ4v) is 3.76. The number of likely N-dealkylation sites (N-methyl/N-ethyl adjacent to an activating group) is 1. The quantitative estimate of drug-likeness (QED) is 0.872. The molecule has 0 aromatic heterocycles. The van der Waals surface area contributed by atoms with Crippen molar-refractivity contribution in [2.24, 2.45) is 5.92 Å². The Bertz CT molecular complexity index is 409. The van der Waals surface area contributed by atoms with E-state index in [4.69, 9.17) is 0 Å². The highest BCUT2D eigenvalue weighted by molar-refractivity contribution is 5.54. The third-order valence-corrected chi connectivity index (χ3v) is 4.90. The van der Waals surface area contributed by atoms with Gasteiger partial charge in [-0.15, -0.1) is 0 Å². The lowest BCUT2D eigenvalue weighted by Crippen LogP contribution is -2.44. The van der Waals surface area contributed by atoms with Gasteiger partial charge in [-0.2, -0.15) is 0 Å². The molecule has 1 aliphatic heterocycles. The third-order valence-electron chi connectivity index (χ3n) is 4.90. The summed E-state index contributed by atoms with van der Waals surface area (Å²) in [6.07, 6.45) is 7.15. The van der Waals surface area contributed by atoms with Crippen molar-refractivity contribution in [2.45, 2.75) is 51.6 Å². The molecule has 1 saturated carbocycles. The van der Waals surface area contributed by atoms with Crippen LogP contribution in [0.15, 0.2) is 24.3 Å². The van der Waals surface area contributed by atoms with Crippen LogP contribution in [0, 0.1) is 5.92 Å². The summed E-state index contributed by atoms with van der Waals surface area (Å²) in [4.78, 5) is 2.56. The summed E-state index contributed by atoms with van der Waals surface area (Å²) in [5, 5.41) is 3.83. The highest BCUT2D eigenvalue weighted by atomic mass is 15.2. The second-order valence-corrected chi connectivity index (χ2v) is 6.05. The van der Waals surface area contributed by atoms with E-state index in [-0.39, 0.29) is 0 Å². The van der Waals surface area contributed by atoms with Crippen LogP contribution in [0.25, 0.3) is 0 Å². The molecule has 0 amide bonds. The lowest BCUT2D eigenvalue weighted by molar-refractivity contribution is 0.271. The molecule has 0 saturated heterocycles. The molecule has 2 nitrogen and oxygen atoms in total. The molecule has 1 N–H and O–H groups in total. The molecule has 2 aliphatic rings. The molecule has 0 radical (unpaired) electrons. The van der Waals surface area contributed by atoms with Gasteiger partial charge in [0.05, 0.1) is 0 Å². The van der Waals surface area contributed by atoms with E-state index in [0.29, 0.717) is 6.04 Å². The molecule has 2 heteroatoms. The summed E-state index contributed by atoms with van der Waals surface area (Å²) in [6, 6.07) is 9.56. The van der Waals surface area contributed by atoms with E-state index < -0.39 is 0 Å². The molecule has 1 unspecified atom stereocenters. The van der Waals surface area contributed by atoms with Gasteiger partial charge in [-0.05, 0) is 37.3 Å². The second kappa shape index (κ2) is 5.96. The van der Waals surface area contributed by atoms with Gasteiger partial charge in [-0.3, -0.25) is 0 Å². The molecule has 19 heavy (non-hydrogen) atoms. The molecule has 1 aromatic carbocycles. The lowest BCUT2D eigenvalue weighted by atomic mass is 9.83. The predicted molar refractivity (Wildman–Crippen MR) is 81.5 cm³/mol. The average molecular weight is 258 g/mol. The minimum Gasteiger partial charge on any atom is -0.370 e. The Morgan fingerprint density at radius 1 is 1.16 bits per heavy atom. The second-order valence-electron chi connectivity index (χ2n) is 6.05. The van der Waals surface area contributed by atoms with Gasteiger partial charge in [0, 0.05) is 31.4 Å². The number of hydrogen-bond donors (Lipinski definition) is 1. The highest BCUT2D eigenvalue weighted by Gasteiger charge is 2.27. The number of hydrogen-bond acceptors (Lipinski definition) is 2. The first-order chi connectivity index (χ1) is 9.38. The normalized spacial score (nSPS) is 24.9. The molecule has 3 rings (SSSR count). The van der Waals surface area contributed by atoms with Gasteiger partial charge in [0.2, 0.25) is 0 Å². The van der Waals surface area contributed by atoms with E-state index in [1.165, 1.54) is 49.9 Å². The van der Waals surface area contributed by atoms with E-state index in [9.17, 15) is 0 Å². The smallest absolute Gasteiger partial charge is 0.0412 e. The van der Waals surface area contributed by atoms with Crippen molar-refractivity contribution in [1.82, 2.24) is 5.32 Å². The first-order valence-corrected chi connectivity index (χ1v) is 7.94. The topological polar surface area (TPSA) is 15.3 Å². The van der Waals surface area contributed by atoms with Gasteiger partial charge in [0.1, 0.15) is 0 Å². The van der Waals surface area contributed by atoms with Crippen molar-refractivity contribution in [3.8, 4) is 0 Å². The summed E-state index contributed by atoms with van der Waals surface area (Å²) in [5.41, 5.74) is 2.90. The standard InChI is InChI=1S/C17H26N2/c1-2-19-13-16(14-8-4-3-5-9-14)18-12-15-10-6-7-11-17(15)19/h6-7,10-11,14,16,18H,2-5,8-9,12-13H2,1H3. The minimum absolute atomic E-state index is 0.674. The van der Waals surface area contributed by atoms with Crippen LogP contribution in [-0.2, 0) is 6.54 Å². The zero-order valence-corrected chi connectivity index (χ0v) is 12.1. The van der Waals surface area contributed by atoms with Crippen LogP contribution in [0.1, 0.15) is 44.6 Å². The van der Waals surface area contributed by atoms with Crippen LogP contribution in [0.3, 0.4) is 0 Å². The number of nitrogens with zero attached hydrogens (tertiary/aromatic N) is 1. The SMILES string of the molecule is CCN1CC(C2CCCCC2)NCc2ccccc21. The van der Waals surface area contributed by atoms with Crippen LogP contribution in [0.2, 0.25) is 0 Å². The molecule has 104 valence electrons. The Kier molecular flexibility index (Phi) is 4.07. The number of rotatable bonds is 2. The number of fused-ring (bicyclic) bond motifs is 1. The Morgan fingerprint density at radius 3 is 2.74 bits per heavy atom. The van der Waals surface area contributed by atoms with Gasteiger partial charge in [0.15, 0.2) is 0 Å². The van der Waals surface area contributed by atoms with Gasteiger partial charge in [-0.25, -0.2) is 0 Å². The maximum Gasteiger partial charge on any atom is 0.0412 e. The van der Waals surface area contributed by atoms with Crippen LogP contribution in [0.4, 0.5) is 5.69 Å². The zero-order valence-electron chi connectivity index (χ0n) is 12.1. The fraction of sp³-hybridized carbons (Fsp3) is 0.647. The summed E-state index contributed by atoms with van der Waals surface area (Å²) >= 11 is 0. The minimum atomic E-state index is 0.674. The molecule has 1 heterocycles. The van der Waals surface area contributed by atoms with E-state index in [1.54, 1.807) is 0 Å². The maximum atomic E-state index is 3.83. The van der Waals surface area contributed by atoms with Crippen LogP contribution >= 0.6 is 0 Å². The molecular formula is C17H26N2. The third kappa shape index (κ3) is 2.79. The predicted octanol–water partition coefficient (Wildman–Crippen LogP) is 3.57. The average Bonchev–Trinajstić information content (AvgIpc) is 2.68. The van der Waals surface area contributed by atoms with Crippen molar-refractivity contribution < 1.29 is 0 Å². The van der Waals surface area contributed by atoms with Crippen LogP contribution < -0.4 is 10.2 Å². The molecule has 1 aromatic rings. The Labute approximate surface area is 117 Å². The number of nitrogens with one attached hydrogen (secondary N) is 1. The van der Waals surface area contributed by atoms with E-state index in [1.807, 2.05) is 0 Å². The van der Waals surface area contributed by atoms with Crippen molar-refractivity contribution in [2.75, 3.05) is 18.0 Å². The lowest BCUT2D eigenvalue weighted by Gasteiger charge is -2.33. The van der Waals surface area contributed by atoms with Gasteiger partial charge in [0.25, 0.3) is 0 Å². The molecule has 1 atom stereocenters. The van der Waals surface area contributed by atoms with Gasteiger partial charge < -0.3 is 10.2 Å². The summed E-state index contributed by atoms with van der Waals surface area (Å²) < 4.78 is 0. The number of anilines is 1. The Balaban J connectivity index is 1.78. The molecule has 0 spiro atoms. The summed E-state index contributed by atoms with van der Waals surface area (Å²) in [6.45, 7) is 5.61. The van der Waals surface area contributed by atoms with Crippen LogP contribution in [0.5, 0.6) is 0 Å². The first-order valence-electron chi connectivity index (χ1n) is 7.94. The van der Waals surface area contributed by atoms with Gasteiger partial charge in [-0.1, -0.05) is 37.5 Å². The van der Waals surface area contributed by atoms with E-state index >= 15 is 0 Å². The zero-order chi connectivity index (χ0) is 13.1. The molecule has 0 bridgehead atoms. The van der Waals surface area contributed by atoms with Crippen molar-refractivity contribution in [3.63, 3.8) is 0 Å². The van der Waals surface area contributed by atoms with Crippen LogP contribution in [-0.4, -0.2) is 19.1 Å². The van der Waals surface area contributed by atoms with Crippen molar-refractivity contribution in [3.05, 3.63) is 29.8 Å². The highest BCUT2D eigenvalue weighted by Crippen LogP contribution is 2.30. The molecule has 1 fully saturated rings. The van der Waals surface area contributed by atoms with E-state index in [2.05, 4.69) is 41.4 Å². The largest absolute Gasteiger partial charge is 0.370 e. The summed E-state index contributed by atoms with van der Waals surface area (Å²) in [7, 11) is 0. The Morgan fingerprint density at radius 2 is 1.95 bits per heavy atom. The fourth-order valence-electron chi connectivity index (χ4n) is 3.76. The van der Waals surface area contributed by atoms with Crippen molar-refractivity contribution >= 4 is 5.69 Å². The monoisotopic (exact) mass is 258 g/mol. The van der Waals surface area contributed by atoms with Crippen molar-refractivity contribution in [1.29, 1.82) is 0 Å². The number of benzene rings is 1. The summed E-state index contributed by atoms with van der Waals surface area (Å²) in [5.74, 6) is 0.886. The van der Waals surface area contributed by atoms with Gasteiger partial charge >= 0.3 is 0 Å². The first kappa shape index (κ1) is 13.0. The maximum absolute atomic E-state index is 3.83. The molecule has 1 aliphatic carbocycles.